The average Bonchev–Trinajstić information content (AvgIpc) is 2.90. The zero-order chi connectivity index (χ0) is 13.8. The number of anilines is 2. The first-order chi connectivity index (χ1) is 9.09. The zero-order valence-corrected chi connectivity index (χ0v) is 10.6. The number of nitrogens with zero attached hydrogens (tertiary/aromatic N) is 2. The molecule has 1 fully saturated rings. The lowest BCUT2D eigenvalue weighted by Gasteiger charge is -2.27. The van der Waals surface area contributed by atoms with Crippen molar-refractivity contribution in [2.24, 2.45) is 0 Å². The van der Waals surface area contributed by atoms with Crippen LogP contribution in [0.1, 0.15) is 12.8 Å². The number of carbonyl (C=O) groups is 2. The molecular formula is C13H17N3O3. The molecule has 1 aromatic carbocycles. The third-order valence-electron chi connectivity index (χ3n) is 3.13. The first-order valence-corrected chi connectivity index (χ1v) is 6.22. The highest BCUT2D eigenvalue weighted by molar-refractivity contribution is 5.99. The topological polar surface area (TPSA) is 86.9 Å². The van der Waals surface area contributed by atoms with Crippen molar-refractivity contribution < 1.29 is 14.7 Å². The van der Waals surface area contributed by atoms with Gasteiger partial charge in [0.15, 0.2) is 0 Å². The van der Waals surface area contributed by atoms with Crippen LogP contribution in [0.5, 0.6) is 0 Å². The summed E-state index contributed by atoms with van der Waals surface area (Å²) < 4.78 is 0. The molecule has 0 bridgehead atoms. The number of likely N-dealkylation sites (tertiary alicyclic amines) is 1. The molecular weight excluding hydrogens is 246 g/mol. The van der Waals surface area contributed by atoms with Gasteiger partial charge in [-0.05, 0) is 25.0 Å². The van der Waals surface area contributed by atoms with Crippen molar-refractivity contribution >= 4 is 23.4 Å². The second-order valence-corrected chi connectivity index (χ2v) is 4.52. The van der Waals surface area contributed by atoms with Gasteiger partial charge in [-0.2, -0.15) is 0 Å². The Kier molecular flexibility index (Phi) is 3.89. The number of aliphatic carboxylic acids is 1. The van der Waals surface area contributed by atoms with Crippen molar-refractivity contribution in [1.29, 1.82) is 0 Å². The van der Waals surface area contributed by atoms with Gasteiger partial charge in [0.2, 0.25) is 0 Å². The molecule has 2 rings (SSSR count). The summed E-state index contributed by atoms with van der Waals surface area (Å²) in [6, 6.07) is 6.50. The minimum Gasteiger partial charge on any atom is -0.480 e. The molecule has 0 radical (unpaired) electrons. The predicted molar refractivity (Wildman–Crippen MR) is 72.0 cm³/mol. The van der Waals surface area contributed by atoms with E-state index in [9.17, 15) is 9.59 Å². The first-order valence-electron chi connectivity index (χ1n) is 6.22. The molecule has 1 aliphatic rings. The molecule has 0 unspecified atom stereocenters. The zero-order valence-electron chi connectivity index (χ0n) is 10.6. The fourth-order valence-corrected chi connectivity index (χ4v) is 2.20. The number of hydrogen-bond donors (Lipinski definition) is 2. The van der Waals surface area contributed by atoms with Crippen molar-refractivity contribution in [2.45, 2.75) is 12.8 Å². The molecule has 0 aliphatic carbocycles. The Balaban J connectivity index is 2.27. The minimum atomic E-state index is -1.06. The number of benzene rings is 1. The summed E-state index contributed by atoms with van der Waals surface area (Å²) in [5, 5.41) is 8.97. The molecule has 0 saturated carbocycles. The quantitative estimate of drug-likeness (QED) is 0.806. The molecule has 0 atom stereocenters. The highest BCUT2D eigenvalue weighted by atomic mass is 16.4. The number of rotatable bonds is 3. The van der Waals surface area contributed by atoms with Gasteiger partial charge in [0.25, 0.3) is 0 Å². The van der Waals surface area contributed by atoms with Gasteiger partial charge in [-0.15, -0.1) is 0 Å². The second-order valence-electron chi connectivity index (χ2n) is 4.52. The Morgan fingerprint density at radius 1 is 1.26 bits per heavy atom. The van der Waals surface area contributed by atoms with E-state index in [1.807, 2.05) is 0 Å². The summed E-state index contributed by atoms with van der Waals surface area (Å²) in [4.78, 5) is 26.2. The third kappa shape index (κ3) is 2.96. The van der Waals surface area contributed by atoms with Crippen molar-refractivity contribution in [2.75, 3.05) is 30.3 Å². The molecule has 102 valence electrons. The van der Waals surface area contributed by atoms with E-state index in [1.54, 1.807) is 29.2 Å². The van der Waals surface area contributed by atoms with Gasteiger partial charge in [-0.1, -0.05) is 12.1 Å². The fraction of sp³-hybridized carbons (Fsp3) is 0.385. The molecule has 0 aromatic heterocycles. The third-order valence-corrected chi connectivity index (χ3v) is 3.13. The molecule has 1 heterocycles. The van der Waals surface area contributed by atoms with Gasteiger partial charge in [0, 0.05) is 13.1 Å². The predicted octanol–water partition coefficient (Wildman–Crippen LogP) is 1.38. The van der Waals surface area contributed by atoms with Crippen molar-refractivity contribution in [1.82, 2.24) is 4.90 Å². The number of urea groups is 1. The van der Waals surface area contributed by atoms with Crippen LogP contribution in [0.4, 0.5) is 16.2 Å². The van der Waals surface area contributed by atoms with E-state index in [0.29, 0.717) is 24.5 Å². The molecule has 3 N–H and O–H groups in total. The Labute approximate surface area is 111 Å². The summed E-state index contributed by atoms with van der Waals surface area (Å²) in [6.07, 6.45) is 1.91. The standard InChI is InChI=1S/C13H17N3O3/c14-10-5-1-2-6-11(10)16(9-12(17)18)13(19)15-7-3-4-8-15/h1-2,5-6H,3-4,7-9,14H2,(H,17,18). The molecule has 19 heavy (non-hydrogen) atoms. The number of para-hydroxylation sites is 2. The van der Waals surface area contributed by atoms with Crippen LogP contribution in [0.25, 0.3) is 0 Å². The second kappa shape index (κ2) is 5.60. The smallest absolute Gasteiger partial charge is 0.325 e. The normalized spacial score (nSPS) is 14.4. The van der Waals surface area contributed by atoms with Crippen LogP contribution in [0.3, 0.4) is 0 Å². The average molecular weight is 263 g/mol. The van der Waals surface area contributed by atoms with Crippen LogP contribution in [0.2, 0.25) is 0 Å². The van der Waals surface area contributed by atoms with E-state index in [1.165, 1.54) is 4.90 Å². The summed E-state index contributed by atoms with van der Waals surface area (Å²) in [5.74, 6) is -1.06. The summed E-state index contributed by atoms with van der Waals surface area (Å²) in [6.45, 7) is 0.951. The van der Waals surface area contributed by atoms with Crippen LogP contribution >= 0.6 is 0 Å². The summed E-state index contributed by atoms with van der Waals surface area (Å²) in [5.41, 5.74) is 6.67. The summed E-state index contributed by atoms with van der Waals surface area (Å²) in [7, 11) is 0. The van der Waals surface area contributed by atoms with Crippen LogP contribution in [-0.2, 0) is 4.79 Å². The highest BCUT2D eigenvalue weighted by Crippen LogP contribution is 2.24. The maximum absolute atomic E-state index is 12.4. The van der Waals surface area contributed by atoms with E-state index in [0.717, 1.165) is 12.8 Å². The van der Waals surface area contributed by atoms with E-state index in [-0.39, 0.29) is 12.6 Å². The Morgan fingerprint density at radius 2 is 1.89 bits per heavy atom. The number of hydrogen-bond acceptors (Lipinski definition) is 3. The van der Waals surface area contributed by atoms with Crippen molar-refractivity contribution in [3.05, 3.63) is 24.3 Å². The lowest BCUT2D eigenvalue weighted by atomic mass is 10.2. The molecule has 1 aromatic rings. The highest BCUT2D eigenvalue weighted by Gasteiger charge is 2.27. The summed E-state index contributed by atoms with van der Waals surface area (Å²) >= 11 is 0. The van der Waals surface area contributed by atoms with Gasteiger partial charge in [-0.3, -0.25) is 9.69 Å². The largest absolute Gasteiger partial charge is 0.480 e. The maximum Gasteiger partial charge on any atom is 0.325 e. The Hall–Kier alpha value is -2.24. The van der Waals surface area contributed by atoms with Gasteiger partial charge in [0.1, 0.15) is 6.54 Å². The van der Waals surface area contributed by atoms with Crippen LogP contribution in [0, 0.1) is 0 Å². The van der Waals surface area contributed by atoms with Crippen molar-refractivity contribution in [3.63, 3.8) is 0 Å². The van der Waals surface area contributed by atoms with Crippen LogP contribution in [-0.4, -0.2) is 41.6 Å². The minimum absolute atomic E-state index is 0.294. The van der Waals surface area contributed by atoms with E-state index in [2.05, 4.69) is 0 Å². The number of nitrogen functional groups attached to an aromatic ring is 1. The van der Waals surface area contributed by atoms with Crippen LogP contribution < -0.4 is 10.6 Å². The molecule has 6 heteroatoms. The number of nitrogens with two attached hydrogens (primary N) is 1. The van der Waals surface area contributed by atoms with Gasteiger partial charge < -0.3 is 15.7 Å². The number of amides is 2. The fourth-order valence-electron chi connectivity index (χ4n) is 2.20. The number of carbonyl (C=O) groups excluding carboxylic acids is 1. The van der Waals surface area contributed by atoms with Gasteiger partial charge in [0.05, 0.1) is 11.4 Å². The van der Waals surface area contributed by atoms with Gasteiger partial charge >= 0.3 is 12.0 Å². The molecule has 6 nitrogen and oxygen atoms in total. The Morgan fingerprint density at radius 3 is 2.47 bits per heavy atom. The van der Waals surface area contributed by atoms with Crippen LogP contribution in [0.15, 0.2) is 24.3 Å². The molecule has 2 amide bonds. The van der Waals surface area contributed by atoms with E-state index < -0.39 is 5.97 Å². The van der Waals surface area contributed by atoms with Crippen molar-refractivity contribution in [3.8, 4) is 0 Å². The lowest BCUT2D eigenvalue weighted by molar-refractivity contribution is -0.135. The lowest BCUT2D eigenvalue weighted by Crippen LogP contribution is -2.44. The molecule has 0 spiro atoms. The molecule has 1 saturated heterocycles. The monoisotopic (exact) mass is 263 g/mol. The SMILES string of the molecule is Nc1ccccc1N(CC(=O)O)C(=O)N1CCCC1. The number of carboxylic acids is 1. The van der Waals surface area contributed by atoms with Gasteiger partial charge in [-0.25, -0.2) is 4.79 Å². The van der Waals surface area contributed by atoms with E-state index in [4.69, 9.17) is 10.8 Å². The maximum atomic E-state index is 12.4. The molecule has 1 aliphatic heterocycles. The Bertz CT molecular complexity index is 484. The number of carboxylic acid groups (broad SMARTS) is 1. The first kappa shape index (κ1) is 13.2. The van der Waals surface area contributed by atoms with E-state index >= 15 is 0 Å².